The van der Waals surface area contributed by atoms with Crippen LogP contribution in [0, 0.1) is 11.7 Å². The summed E-state index contributed by atoms with van der Waals surface area (Å²) >= 11 is 4.37. The van der Waals surface area contributed by atoms with Crippen molar-refractivity contribution in [3.63, 3.8) is 0 Å². The molecule has 0 heterocycles. The normalized spacial score (nSPS) is 12.7. The third-order valence-electron chi connectivity index (χ3n) is 5.22. The molecule has 0 aromatic heterocycles. The van der Waals surface area contributed by atoms with Gasteiger partial charge in [0.2, 0.25) is 0 Å². The maximum absolute atomic E-state index is 4.37. The van der Waals surface area contributed by atoms with Crippen LogP contribution in [0.1, 0.15) is 27.7 Å². The van der Waals surface area contributed by atoms with E-state index >= 15 is 0 Å². The van der Waals surface area contributed by atoms with Crippen LogP contribution in [0.2, 0.25) is 0 Å². The molecule has 0 saturated carbocycles. The van der Waals surface area contributed by atoms with E-state index in [4.69, 9.17) is 0 Å². The zero-order valence-electron chi connectivity index (χ0n) is 17.6. The van der Waals surface area contributed by atoms with Crippen LogP contribution in [0.25, 0.3) is 0 Å². The SMILES string of the molecule is CC(C)N(C#CP(Br)(c1ccccc1)(c1ccccc1)c1ccccc1)C(C)C. The molecule has 0 atom stereocenters. The van der Waals surface area contributed by atoms with Gasteiger partial charge in [0.1, 0.15) is 0 Å². The molecule has 0 spiro atoms. The molecular weight excluding hydrogens is 437 g/mol. The van der Waals surface area contributed by atoms with E-state index in [1.807, 2.05) is 0 Å². The Labute approximate surface area is 183 Å². The average Bonchev–Trinajstić information content (AvgIpc) is 2.75. The van der Waals surface area contributed by atoms with Gasteiger partial charge in [-0.3, -0.25) is 0 Å². The summed E-state index contributed by atoms with van der Waals surface area (Å²) in [5.74, 6) is 0. The Morgan fingerprint density at radius 1 is 0.621 bits per heavy atom. The number of hydrogen-bond donors (Lipinski definition) is 0. The molecule has 0 saturated heterocycles. The molecule has 1 nitrogen and oxygen atoms in total. The van der Waals surface area contributed by atoms with Crippen LogP contribution >= 0.6 is 20.8 Å². The second kappa shape index (κ2) is 8.74. The Kier molecular flexibility index (Phi) is 6.52. The van der Waals surface area contributed by atoms with Crippen LogP contribution in [-0.2, 0) is 0 Å². The Morgan fingerprint density at radius 2 is 0.931 bits per heavy atom. The van der Waals surface area contributed by atoms with E-state index in [0.29, 0.717) is 12.1 Å². The summed E-state index contributed by atoms with van der Waals surface area (Å²) in [6.45, 7) is 8.80. The van der Waals surface area contributed by atoms with Gasteiger partial charge in [-0.15, -0.1) is 0 Å². The van der Waals surface area contributed by atoms with Gasteiger partial charge in [0.05, 0.1) is 0 Å². The molecule has 150 valence electrons. The minimum atomic E-state index is -3.18. The Morgan fingerprint density at radius 3 is 1.21 bits per heavy atom. The van der Waals surface area contributed by atoms with E-state index in [1.165, 1.54) is 15.9 Å². The summed E-state index contributed by atoms with van der Waals surface area (Å²) in [5, 5.41) is 0.471. The van der Waals surface area contributed by atoms with Gasteiger partial charge in [-0.1, -0.05) is 0 Å². The van der Waals surface area contributed by atoms with Gasteiger partial charge in [-0.2, -0.15) is 0 Å². The first kappa shape index (κ1) is 21.6. The summed E-state index contributed by atoms with van der Waals surface area (Å²) in [4.78, 5) is 2.25. The molecule has 0 bridgehead atoms. The van der Waals surface area contributed by atoms with E-state index in [2.05, 4.69) is 151 Å². The number of benzene rings is 3. The monoisotopic (exact) mass is 465 g/mol. The Balaban J connectivity index is 2.43. The molecule has 0 fully saturated rings. The fraction of sp³-hybridized carbons (Fsp3) is 0.231. The molecule has 3 heteroatoms. The van der Waals surface area contributed by atoms with Crippen molar-refractivity contribution in [1.29, 1.82) is 0 Å². The molecule has 0 radical (unpaired) electrons. The van der Waals surface area contributed by atoms with Gasteiger partial charge >= 0.3 is 184 Å². The Hall–Kier alpha value is -2.07. The van der Waals surface area contributed by atoms with Gasteiger partial charge < -0.3 is 0 Å². The fourth-order valence-corrected chi connectivity index (χ4v) is 9.92. The molecule has 0 aliphatic carbocycles. The van der Waals surface area contributed by atoms with Crippen LogP contribution in [-0.4, -0.2) is 17.0 Å². The van der Waals surface area contributed by atoms with E-state index in [1.54, 1.807) is 0 Å². The molecule has 0 aliphatic heterocycles. The molecular formula is C26H29BrNP. The topological polar surface area (TPSA) is 3.24 Å². The van der Waals surface area contributed by atoms with Crippen molar-refractivity contribution >= 4 is 36.7 Å². The molecule has 0 amide bonds. The van der Waals surface area contributed by atoms with E-state index in [-0.39, 0.29) is 0 Å². The van der Waals surface area contributed by atoms with Crippen LogP contribution < -0.4 is 15.9 Å². The van der Waals surface area contributed by atoms with Crippen LogP contribution in [0.15, 0.2) is 91.0 Å². The quantitative estimate of drug-likeness (QED) is 0.259. The molecule has 3 aromatic carbocycles. The summed E-state index contributed by atoms with van der Waals surface area (Å²) < 4.78 is 0. The Bertz CT molecular complexity index is 881. The van der Waals surface area contributed by atoms with Crippen molar-refractivity contribution in [3.05, 3.63) is 91.0 Å². The molecule has 29 heavy (non-hydrogen) atoms. The van der Waals surface area contributed by atoms with Gasteiger partial charge in [-0.05, 0) is 0 Å². The number of halogens is 1. The van der Waals surface area contributed by atoms with Crippen molar-refractivity contribution in [2.75, 3.05) is 0 Å². The van der Waals surface area contributed by atoms with Crippen molar-refractivity contribution in [1.82, 2.24) is 4.90 Å². The summed E-state index contributed by atoms with van der Waals surface area (Å²) in [6.07, 6.45) is 0. The molecule has 0 unspecified atom stereocenters. The first-order valence-corrected chi connectivity index (χ1v) is 14.3. The van der Waals surface area contributed by atoms with Crippen molar-refractivity contribution in [3.8, 4) is 11.7 Å². The molecule has 0 aliphatic rings. The van der Waals surface area contributed by atoms with Crippen LogP contribution in [0.4, 0.5) is 0 Å². The predicted octanol–water partition coefficient (Wildman–Crippen LogP) is 5.86. The average molecular weight is 466 g/mol. The van der Waals surface area contributed by atoms with Gasteiger partial charge in [0.25, 0.3) is 0 Å². The summed E-state index contributed by atoms with van der Waals surface area (Å²) in [5.41, 5.74) is 3.84. The number of nitrogens with zero attached hydrogens (tertiary/aromatic N) is 1. The zero-order chi connectivity index (χ0) is 20.9. The van der Waals surface area contributed by atoms with E-state index in [9.17, 15) is 0 Å². The van der Waals surface area contributed by atoms with Crippen molar-refractivity contribution < 1.29 is 0 Å². The number of hydrogen-bond acceptors (Lipinski definition) is 1. The first-order valence-electron chi connectivity index (χ1n) is 10.1. The maximum atomic E-state index is 4.37. The van der Waals surface area contributed by atoms with Crippen LogP contribution in [0.3, 0.4) is 0 Å². The van der Waals surface area contributed by atoms with Gasteiger partial charge in [-0.25, -0.2) is 0 Å². The summed E-state index contributed by atoms with van der Waals surface area (Å²) in [7, 11) is 0. The van der Waals surface area contributed by atoms with E-state index in [0.717, 1.165) is 0 Å². The molecule has 3 rings (SSSR count). The van der Waals surface area contributed by atoms with Gasteiger partial charge in [0.15, 0.2) is 0 Å². The van der Waals surface area contributed by atoms with Gasteiger partial charge in [0, 0.05) is 0 Å². The number of rotatable bonds is 5. The predicted molar refractivity (Wildman–Crippen MR) is 134 cm³/mol. The fourth-order valence-electron chi connectivity index (χ4n) is 3.77. The van der Waals surface area contributed by atoms with Crippen molar-refractivity contribution in [2.45, 2.75) is 39.8 Å². The van der Waals surface area contributed by atoms with E-state index < -0.39 is 5.31 Å². The third kappa shape index (κ3) is 4.00. The summed E-state index contributed by atoms with van der Waals surface area (Å²) in [6, 6.07) is 36.3. The first-order chi connectivity index (χ1) is 13.9. The van der Waals surface area contributed by atoms with Crippen LogP contribution in [0.5, 0.6) is 0 Å². The third-order valence-corrected chi connectivity index (χ3v) is 13.8. The standard InChI is InChI=1S/C26H29BrNP/c1-22(2)28(23(3)4)20-21-29(27,24-14-8-5-9-15-24,25-16-10-6-11-17-25)26-18-12-7-13-19-26/h5-19,22-23H,1-4H3. The zero-order valence-corrected chi connectivity index (χ0v) is 20.1. The van der Waals surface area contributed by atoms with Crippen molar-refractivity contribution in [2.24, 2.45) is 0 Å². The second-order valence-corrected chi connectivity index (χ2v) is 15.9. The molecule has 0 N–H and O–H groups in total. The molecule has 3 aromatic rings. The minimum absolute atomic E-state index is 0.339. The second-order valence-electron chi connectivity index (χ2n) is 7.83.